The Hall–Kier alpha value is -2.76. The van der Waals surface area contributed by atoms with Crippen LogP contribution in [0.3, 0.4) is 0 Å². The Bertz CT molecular complexity index is 869. The number of amides is 2. The summed E-state index contributed by atoms with van der Waals surface area (Å²) < 4.78 is 0. The Balaban J connectivity index is 0.000000340. The van der Waals surface area contributed by atoms with Crippen molar-refractivity contribution in [1.29, 1.82) is 0 Å². The zero-order valence-corrected chi connectivity index (χ0v) is 23.2. The maximum absolute atomic E-state index is 11.8. The van der Waals surface area contributed by atoms with Gasteiger partial charge in [0.25, 0.3) is 0 Å². The van der Waals surface area contributed by atoms with E-state index in [2.05, 4.69) is 62.1 Å². The van der Waals surface area contributed by atoms with Crippen molar-refractivity contribution in [2.45, 2.75) is 93.9 Å². The van der Waals surface area contributed by atoms with Crippen LogP contribution in [0.25, 0.3) is 0 Å². The number of aromatic nitrogens is 2. The van der Waals surface area contributed by atoms with Crippen LogP contribution in [0.1, 0.15) is 94.3 Å². The normalized spacial score (nSPS) is 12.4. The third-order valence-corrected chi connectivity index (χ3v) is 5.02. The van der Waals surface area contributed by atoms with Gasteiger partial charge in [-0.25, -0.2) is 4.98 Å². The monoisotopic (exact) mass is 468 g/mol. The molecule has 0 radical (unpaired) electrons. The predicted octanol–water partition coefficient (Wildman–Crippen LogP) is 6.73. The van der Waals surface area contributed by atoms with E-state index in [1.807, 2.05) is 72.0 Å². The van der Waals surface area contributed by atoms with E-state index in [1.54, 1.807) is 6.20 Å². The summed E-state index contributed by atoms with van der Waals surface area (Å²) in [6, 6.07) is 7.71. The largest absolute Gasteiger partial charge is 0.324 e. The van der Waals surface area contributed by atoms with Gasteiger partial charge in [-0.2, -0.15) is 0 Å². The summed E-state index contributed by atoms with van der Waals surface area (Å²) in [5.74, 6) is 0.592. The van der Waals surface area contributed by atoms with E-state index in [-0.39, 0.29) is 28.1 Å². The van der Waals surface area contributed by atoms with Crippen LogP contribution in [0.5, 0.6) is 0 Å². The average molecular weight is 469 g/mol. The van der Waals surface area contributed by atoms with Gasteiger partial charge in [-0.1, -0.05) is 89.2 Å². The first-order chi connectivity index (χ1) is 15.2. The molecule has 2 heterocycles. The lowest BCUT2D eigenvalue weighted by Gasteiger charge is -2.20. The molecule has 2 aromatic heterocycles. The molecule has 2 rings (SSSR count). The highest BCUT2D eigenvalue weighted by molar-refractivity contribution is 5.94. The van der Waals surface area contributed by atoms with E-state index in [0.29, 0.717) is 5.82 Å². The number of rotatable bonds is 2. The Morgan fingerprint density at radius 2 is 1.15 bits per heavy atom. The van der Waals surface area contributed by atoms with Crippen LogP contribution < -0.4 is 10.6 Å². The average Bonchev–Trinajstić information content (AvgIpc) is 2.66. The van der Waals surface area contributed by atoms with Crippen molar-refractivity contribution < 1.29 is 9.59 Å². The number of pyridine rings is 2. The molecule has 2 aromatic rings. The van der Waals surface area contributed by atoms with Crippen LogP contribution in [0.2, 0.25) is 0 Å². The molecule has 0 fully saturated rings. The van der Waals surface area contributed by atoms with E-state index in [0.717, 1.165) is 16.9 Å². The van der Waals surface area contributed by atoms with Gasteiger partial charge in [0, 0.05) is 28.1 Å². The van der Waals surface area contributed by atoms with Crippen LogP contribution in [-0.4, -0.2) is 21.8 Å². The summed E-state index contributed by atoms with van der Waals surface area (Å²) in [4.78, 5) is 32.2. The molecule has 0 aliphatic heterocycles. The molecule has 0 saturated heterocycles. The number of nitrogens with zero attached hydrogens (tertiary/aromatic N) is 2. The van der Waals surface area contributed by atoms with Crippen LogP contribution in [0.15, 0.2) is 36.7 Å². The van der Waals surface area contributed by atoms with E-state index in [4.69, 9.17) is 0 Å². The lowest BCUT2D eigenvalue weighted by Crippen LogP contribution is -2.28. The summed E-state index contributed by atoms with van der Waals surface area (Å²) in [5.41, 5.74) is 2.26. The van der Waals surface area contributed by atoms with Gasteiger partial charge < -0.3 is 10.6 Å². The lowest BCUT2D eigenvalue weighted by molar-refractivity contribution is -0.123. The van der Waals surface area contributed by atoms with E-state index >= 15 is 0 Å². The SMILES string of the molecule is CC(C)(C)C(=O)Nc1ccc(C(C)(C)C)cn1.CC(C)(C)C(=O)Nc1ccc(C(C)(C)C)nc1. The van der Waals surface area contributed by atoms with Crippen LogP contribution >= 0.6 is 0 Å². The Labute approximate surface area is 206 Å². The third kappa shape index (κ3) is 9.62. The summed E-state index contributed by atoms with van der Waals surface area (Å²) in [7, 11) is 0. The topological polar surface area (TPSA) is 84.0 Å². The van der Waals surface area contributed by atoms with Crippen molar-refractivity contribution in [3.05, 3.63) is 47.9 Å². The smallest absolute Gasteiger partial charge is 0.230 e. The van der Waals surface area contributed by atoms with Crippen molar-refractivity contribution in [3.63, 3.8) is 0 Å². The van der Waals surface area contributed by atoms with Gasteiger partial charge in [0.15, 0.2) is 0 Å². The second-order valence-electron chi connectivity index (χ2n) is 12.8. The lowest BCUT2D eigenvalue weighted by atomic mass is 9.88. The fourth-order valence-corrected chi connectivity index (χ4v) is 2.45. The Morgan fingerprint density at radius 1 is 0.618 bits per heavy atom. The van der Waals surface area contributed by atoms with Gasteiger partial charge in [0.1, 0.15) is 5.82 Å². The number of hydrogen-bond acceptors (Lipinski definition) is 4. The highest BCUT2D eigenvalue weighted by Crippen LogP contribution is 2.23. The molecule has 6 heteroatoms. The highest BCUT2D eigenvalue weighted by atomic mass is 16.2. The van der Waals surface area contributed by atoms with Crippen LogP contribution in [0.4, 0.5) is 11.5 Å². The number of nitrogens with one attached hydrogen (secondary N) is 2. The van der Waals surface area contributed by atoms with E-state index < -0.39 is 5.41 Å². The van der Waals surface area contributed by atoms with E-state index in [1.165, 1.54) is 0 Å². The highest BCUT2D eigenvalue weighted by Gasteiger charge is 2.23. The van der Waals surface area contributed by atoms with Gasteiger partial charge >= 0.3 is 0 Å². The van der Waals surface area contributed by atoms with Crippen molar-refractivity contribution >= 4 is 23.3 Å². The Morgan fingerprint density at radius 3 is 1.50 bits per heavy atom. The second kappa shape index (κ2) is 10.7. The maximum Gasteiger partial charge on any atom is 0.230 e. The molecule has 0 unspecified atom stereocenters. The van der Waals surface area contributed by atoms with E-state index in [9.17, 15) is 9.59 Å². The van der Waals surface area contributed by atoms with Gasteiger partial charge in [-0.15, -0.1) is 0 Å². The first-order valence-corrected chi connectivity index (χ1v) is 11.8. The van der Waals surface area contributed by atoms with Gasteiger partial charge in [-0.3, -0.25) is 14.6 Å². The maximum atomic E-state index is 11.8. The van der Waals surface area contributed by atoms with Crippen LogP contribution in [0, 0.1) is 10.8 Å². The molecule has 0 aliphatic carbocycles. The summed E-state index contributed by atoms with van der Waals surface area (Å²) in [5, 5.41) is 5.67. The Kier molecular flexibility index (Phi) is 9.18. The van der Waals surface area contributed by atoms with Crippen molar-refractivity contribution in [2.24, 2.45) is 10.8 Å². The molecule has 6 nitrogen and oxygen atoms in total. The number of carbonyl (C=O) groups is 2. The molecule has 34 heavy (non-hydrogen) atoms. The first kappa shape index (κ1) is 29.3. The first-order valence-electron chi connectivity index (χ1n) is 11.8. The zero-order chi connectivity index (χ0) is 26.5. The molecular formula is C28H44N4O2. The molecule has 0 bridgehead atoms. The quantitative estimate of drug-likeness (QED) is 0.512. The molecule has 2 amide bonds. The number of anilines is 2. The summed E-state index contributed by atoms with van der Waals surface area (Å²) in [6.07, 6.45) is 3.53. The summed E-state index contributed by atoms with van der Waals surface area (Å²) >= 11 is 0. The minimum Gasteiger partial charge on any atom is -0.324 e. The molecule has 0 spiro atoms. The molecule has 2 N–H and O–H groups in total. The zero-order valence-electron chi connectivity index (χ0n) is 23.2. The van der Waals surface area contributed by atoms with Crippen molar-refractivity contribution in [1.82, 2.24) is 9.97 Å². The molecule has 0 aliphatic rings. The van der Waals surface area contributed by atoms with Gasteiger partial charge in [-0.05, 0) is 29.2 Å². The predicted molar refractivity (Wildman–Crippen MR) is 142 cm³/mol. The number of carbonyl (C=O) groups excluding carboxylic acids is 2. The summed E-state index contributed by atoms with van der Waals surface area (Å²) in [6.45, 7) is 24.1. The van der Waals surface area contributed by atoms with Gasteiger partial charge in [0.2, 0.25) is 11.8 Å². The molecule has 188 valence electrons. The van der Waals surface area contributed by atoms with Gasteiger partial charge in [0.05, 0.1) is 11.9 Å². The number of hydrogen-bond donors (Lipinski definition) is 2. The van der Waals surface area contributed by atoms with Crippen molar-refractivity contribution in [3.8, 4) is 0 Å². The standard InChI is InChI=1S/2C14H22N2O/c1-13(2,3)11-8-7-10(9-15-11)16-12(17)14(4,5)6;1-13(2,3)10-7-8-11(15-9-10)16-12(17)14(4,5)6/h7-9H,1-6H3,(H,16,17);7-9H,1-6H3,(H,15,16,17). The second-order valence-corrected chi connectivity index (χ2v) is 12.8. The fourth-order valence-electron chi connectivity index (χ4n) is 2.45. The molecule has 0 saturated carbocycles. The molecular weight excluding hydrogens is 424 g/mol. The van der Waals surface area contributed by atoms with Crippen LogP contribution in [-0.2, 0) is 20.4 Å². The minimum absolute atomic E-state index is 0.00260. The van der Waals surface area contributed by atoms with Crippen molar-refractivity contribution in [2.75, 3.05) is 10.6 Å². The minimum atomic E-state index is -0.398. The molecule has 0 atom stereocenters. The third-order valence-electron chi connectivity index (χ3n) is 5.02. The molecule has 0 aromatic carbocycles. The fraction of sp³-hybridized carbons (Fsp3) is 0.571.